The predicted molar refractivity (Wildman–Crippen MR) is 68.6 cm³/mol. The summed E-state index contributed by atoms with van der Waals surface area (Å²) in [4.78, 5) is 0. The first-order chi connectivity index (χ1) is 6.89. The average Bonchev–Trinajstić information content (AvgIpc) is 2.12. The Hall–Kier alpha value is -0.490. The zero-order valence-corrected chi connectivity index (χ0v) is 10.9. The first-order valence-electron chi connectivity index (χ1n) is 5.59. The normalized spacial score (nSPS) is 13.9. The van der Waals surface area contributed by atoms with Crippen LogP contribution in [0, 0.1) is 12.3 Å². The molecule has 0 N–H and O–H groups in total. The molecule has 0 amide bonds. The minimum absolute atomic E-state index is 0.200. The largest absolute Gasteiger partial charge is 0.122 e. The summed E-state index contributed by atoms with van der Waals surface area (Å²) >= 11 is 6.35. The molecule has 1 atom stereocenters. The summed E-state index contributed by atoms with van der Waals surface area (Å²) in [7, 11) is 0. The number of aryl methyl sites for hydroxylation is 2. The van der Waals surface area contributed by atoms with Crippen LogP contribution >= 0.6 is 11.6 Å². The van der Waals surface area contributed by atoms with Gasteiger partial charge in [0.25, 0.3) is 0 Å². The molecule has 1 aromatic carbocycles. The molecule has 0 aliphatic rings. The van der Waals surface area contributed by atoms with Gasteiger partial charge in [0.05, 0.1) is 0 Å². The molecule has 1 unspecified atom stereocenters. The van der Waals surface area contributed by atoms with Crippen LogP contribution in [0.4, 0.5) is 0 Å². The van der Waals surface area contributed by atoms with Crippen LogP contribution in [-0.4, -0.2) is 5.38 Å². The van der Waals surface area contributed by atoms with E-state index < -0.39 is 0 Å². The fourth-order valence-corrected chi connectivity index (χ4v) is 1.70. The number of alkyl halides is 1. The van der Waals surface area contributed by atoms with Gasteiger partial charge < -0.3 is 0 Å². The smallest absolute Gasteiger partial charge is 0.0387 e. The lowest BCUT2D eigenvalue weighted by molar-refractivity contribution is 0.374. The molecule has 0 nitrogen and oxygen atoms in total. The van der Waals surface area contributed by atoms with E-state index >= 15 is 0 Å². The van der Waals surface area contributed by atoms with Crippen molar-refractivity contribution in [2.45, 2.75) is 45.9 Å². The second kappa shape index (κ2) is 5.03. The summed E-state index contributed by atoms with van der Waals surface area (Å²) in [6.07, 6.45) is 2.13. The van der Waals surface area contributed by atoms with Crippen molar-refractivity contribution < 1.29 is 0 Å². The highest BCUT2D eigenvalue weighted by Crippen LogP contribution is 2.28. The molecule has 0 saturated heterocycles. The van der Waals surface area contributed by atoms with Gasteiger partial charge in [-0.2, -0.15) is 0 Å². The van der Waals surface area contributed by atoms with Gasteiger partial charge in [-0.1, -0.05) is 50.6 Å². The first-order valence-corrected chi connectivity index (χ1v) is 6.03. The van der Waals surface area contributed by atoms with Crippen molar-refractivity contribution in [1.29, 1.82) is 0 Å². The van der Waals surface area contributed by atoms with Crippen LogP contribution in [0.3, 0.4) is 0 Å². The van der Waals surface area contributed by atoms with Crippen molar-refractivity contribution >= 4 is 11.6 Å². The quantitative estimate of drug-likeness (QED) is 0.660. The summed E-state index contributed by atoms with van der Waals surface area (Å²) in [5.74, 6) is 0. The summed E-state index contributed by atoms with van der Waals surface area (Å²) in [5, 5.41) is 0.248. The summed E-state index contributed by atoms with van der Waals surface area (Å²) in [6.45, 7) is 8.72. The lowest BCUT2D eigenvalue weighted by Gasteiger charge is -2.25. The summed E-state index contributed by atoms with van der Waals surface area (Å²) in [5.41, 5.74) is 2.92. The molecular weight excluding hydrogens is 204 g/mol. The van der Waals surface area contributed by atoms with E-state index in [0.29, 0.717) is 0 Å². The maximum absolute atomic E-state index is 6.35. The van der Waals surface area contributed by atoms with Crippen LogP contribution in [0.1, 0.15) is 38.3 Å². The van der Waals surface area contributed by atoms with Crippen molar-refractivity contribution in [2.75, 3.05) is 0 Å². The number of benzene rings is 1. The lowest BCUT2D eigenvalue weighted by atomic mass is 9.88. The van der Waals surface area contributed by atoms with Crippen LogP contribution in [-0.2, 0) is 6.42 Å². The maximum Gasteiger partial charge on any atom is 0.0387 e. The molecule has 0 fully saturated rings. The van der Waals surface area contributed by atoms with Crippen molar-refractivity contribution in [1.82, 2.24) is 0 Å². The van der Waals surface area contributed by atoms with E-state index in [1.165, 1.54) is 11.1 Å². The second-order valence-corrected chi connectivity index (χ2v) is 5.89. The number of rotatable bonds is 3. The van der Waals surface area contributed by atoms with Gasteiger partial charge in [0.1, 0.15) is 0 Å². The highest BCUT2D eigenvalue weighted by molar-refractivity contribution is 6.21. The standard InChI is InChI=1S/C14H21Cl/c1-11-6-5-7-12(10-11)8-9-13(15)14(2,3)4/h5-7,10,13H,8-9H2,1-4H3. The fourth-order valence-electron chi connectivity index (χ4n) is 1.59. The Morgan fingerprint density at radius 1 is 1.27 bits per heavy atom. The monoisotopic (exact) mass is 224 g/mol. The van der Waals surface area contributed by atoms with Gasteiger partial charge in [0, 0.05) is 5.38 Å². The minimum atomic E-state index is 0.200. The van der Waals surface area contributed by atoms with E-state index in [2.05, 4.69) is 52.0 Å². The number of hydrogen-bond donors (Lipinski definition) is 0. The molecule has 1 aromatic rings. The Balaban J connectivity index is 2.51. The summed E-state index contributed by atoms with van der Waals surface area (Å²) < 4.78 is 0. The Morgan fingerprint density at radius 3 is 2.47 bits per heavy atom. The van der Waals surface area contributed by atoms with E-state index in [9.17, 15) is 0 Å². The third-order valence-electron chi connectivity index (χ3n) is 2.71. The SMILES string of the molecule is Cc1cccc(CCC(Cl)C(C)(C)C)c1. The Labute approximate surface area is 98.7 Å². The van der Waals surface area contributed by atoms with Crippen LogP contribution in [0.15, 0.2) is 24.3 Å². The molecule has 0 heterocycles. The molecule has 1 rings (SSSR count). The third-order valence-corrected chi connectivity index (χ3v) is 3.58. The lowest BCUT2D eigenvalue weighted by Crippen LogP contribution is -2.21. The molecule has 0 aliphatic heterocycles. The molecule has 84 valence electrons. The molecule has 15 heavy (non-hydrogen) atoms. The molecule has 0 aliphatic carbocycles. The van der Waals surface area contributed by atoms with Crippen molar-refractivity contribution in [2.24, 2.45) is 5.41 Å². The van der Waals surface area contributed by atoms with Gasteiger partial charge in [0.15, 0.2) is 0 Å². The topological polar surface area (TPSA) is 0 Å². The van der Waals surface area contributed by atoms with Gasteiger partial charge in [-0.25, -0.2) is 0 Å². The number of halogens is 1. The Kier molecular flexibility index (Phi) is 4.21. The highest BCUT2D eigenvalue weighted by Gasteiger charge is 2.21. The van der Waals surface area contributed by atoms with Gasteiger partial charge in [0.2, 0.25) is 0 Å². The maximum atomic E-state index is 6.35. The number of hydrogen-bond acceptors (Lipinski definition) is 0. The van der Waals surface area contributed by atoms with E-state index in [1.54, 1.807) is 0 Å². The van der Waals surface area contributed by atoms with Crippen molar-refractivity contribution in [3.8, 4) is 0 Å². The predicted octanol–water partition coefficient (Wildman–Crippen LogP) is 4.58. The molecule has 1 heteroatoms. The van der Waals surface area contributed by atoms with Crippen molar-refractivity contribution in [3.05, 3.63) is 35.4 Å². The third kappa shape index (κ3) is 4.25. The zero-order chi connectivity index (χ0) is 11.5. The Morgan fingerprint density at radius 2 is 1.93 bits per heavy atom. The van der Waals surface area contributed by atoms with Crippen LogP contribution in [0.5, 0.6) is 0 Å². The molecule has 0 radical (unpaired) electrons. The van der Waals surface area contributed by atoms with E-state index in [0.717, 1.165) is 12.8 Å². The second-order valence-electron chi connectivity index (χ2n) is 5.36. The van der Waals surface area contributed by atoms with Gasteiger partial charge in [-0.3, -0.25) is 0 Å². The fraction of sp³-hybridized carbons (Fsp3) is 0.571. The minimum Gasteiger partial charge on any atom is -0.122 e. The average molecular weight is 225 g/mol. The molecule has 0 aromatic heterocycles. The first kappa shape index (κ1) is 12.6. The van der Waals surface area contributed by atoms with Gasteiger partial charge in [-0.15, -0.1) is 11.6 Å². The molecule has 0 spiro atoms. The van der Waals surface area contributed by atoms with Crippen LogP contribution in [0.2, 0.25) is 0 Å². The Bertz CT molecular complexity index is 309. The summed E-state index contributed by atoms with van der Waals surface area (Å²) in [6, 6.07) is 8.67. The zero-order valence-electron chi connectivity index (χ0n) is 10.2. The van der Waals surface area contributed by atoms with Gasteiger partial charge in [-0.05, 0) is 30.7 Å². The van der Waals surface area contributed by atoms with E-state index in [4.69, 9.17) is 11.6 Å². The van der Waals surface area contributed by atoms with E-state index in [-0.39, 0.29) is 10.8 Å². The van der Waals surface area contributed by atoms with Crippen molar-refractivity contribution in [3.63, 3.8) is 0 Å². The molecular formula is C14H21Cl. The molecule has 0 bridgehead atoms. The van der Waals surface area contributed by atoms with Crippen LogP contribution in [0.25, 0.3) is 0 Å². The van der Waals surface area contributed by atoms with Gasteiger partial charge >= 0.3 is 0 Å². The molecule has 0 saturated carbocycles. The highest BCUT2D eigenvalue weighted by atomic mass is 35.5. The van der Waals surface area contributed by atoms with E-state index in [1.807, 2.05) is 0 Å². The van der Waals surface area contributed by atoms with Crippen LogP contribution < -0.4 is 0 Å².